The van der Waals surface area contributed by atoms with E-state index in [1.165, 1.54) is 112 Å². The molecule has 0 aliphatic carbocycles. The molecule has 12 heteroatoms. The number of ether oxygens (including phenoxy) is 2. The maximum absolute atomic E-state index is 15.3. The molecule has 2 N–H and O–H groups in total. The molecule has 1 heterocycles. The zero-order valence-corrected chi connectivity index (χ0v) is 37.9. The Hall–Kier alpha value is -6.17. The van der Waals surface area contributed by atoms with Crippen molar-refractivity contribution in [3.05, 3.63) is 150 Å². The van der Waals surface area contributed by atoms with E-state index in [-0.39, 0.29) is 45.7 Å². The summed E-state index contributed by atoms with van der Waals surface area (Å²) in [7, 11) is 0. The number of rotatable bonds is 24. The number of ketones is 1. The number of amides is 1. The third-order valence-electron chi connectivity index (χ3n) is 10.7. The van der Waals surface area contributed by atoms with Gasteiger partial charge >= 0.3 is 5.97 Å². The number of halogens is 1. The molecule has 334 valence electrons. The van der Waals surface area contributed by atoms with E-state index in [9.17, 15) is 18.9 Å². The van der Waals surface area contributed by atoms with E-state index < -0.39 is 34.8 Å². The summed E-state index contributed by atoms with van der Waals surface area (Å²) < 4.78 is 32.3. The number of anilines is 1. The number of aromatic nitrogens is 1. The minimum absolute atomic E-state index is 0.0413. The van der Waals surface area contributed by atoms with Crippen LogP contribution in [0.5, 0.6) is 17.2 Å². The van der Waals surface area contributed by atoms with Gasteiger partial charge < -0.3 is 28.6 Å². The molecule has 5 aromatic carbocycles. The van der Waals surface area contributed by atoms with Crippen molar-refractivity contribution in [3.63, 3.8) is 0 Å². The van der Waals surface area contributed by atoms with E-state index in [1.54, 1.807) is 6.92 Å². The van der Waals surface area contributed by atoms with Crippen molar-refractivity contribution in [1.82, 2.24) is 4.57 Å². The zero-order valence-electron chi connectivity index (χ0n) is 36.3. The topological polar surface area (TPSA) is 133 Å². The Balaban J connectivity index is 1.35. The van der Waals surface area contributed by atoms with Gasteiger partial charge in [-0.15, -0.1) is 0 Å². The van der Waals surface area contributed by atoms with Crippen LogP contribution in [-0.2, 0) is 27.2 Å². The number of phenols is 1. The van der Waals surface area contributed by atoms with Crippen molar-refractivity contribution < 1.29 is 37.4 Å². The molecule has 2 atom stereocenters. The van der Waals surface area contributed by atoms with Crippen LogP contribution in [0.25, 0.3) is 22.5 Å². The predicted octanol–water partition coefficient (Wildman–Crippen LogP) is 12.6. The van der Waals surface area contributed by atoms with Gasteiger partial charge in [-0.05, 0) is 97.3 Å². The van der Waals surface area contributed by atoms with Gasteiger partial charge in [0.1, 0.15) is 17.2 Å². The second-order valence-corrected chi connectivity index (χ2v) is 16.9. The normalized spacial score (nSPS) is 12.0. The Morgan fingerprint density at radius 3 is 1.92 bits per heavy atom. The lowest BCUT2D eigenvalue weighted by Gasteiger charge is -2.20. The van der Waals surface area contributed by atoms with Gasteiger partial charge in [-0.2, -0.15) is 0 Å². The number of phenolic OH excluding ortho intramolecular Hbond substituents is 1. The van der Waals surface area contributed by atoms with Crippen molar-refractivity contribution in [2.75, 3.05) is 11.9 Å². The van der Waals surface area contributed by atoms with E-state index in [4.69, 9.17) is 25.3 Å². The fraction of sp³-hybridized carbons (Fsp3) is 0.288. The first kappa shape index (κ1) is 47.3. The van der Waals surface area contributed by atoms with Gasteiger partial charge in [0.15, 0.2) is 0 Å². The van der Waals surface area contributed by atoms with Crippen LogP contribution in [-0.4, -0.2) is 44.3 Å². The number of hydrogen-bond acceptors (Lipinski definition) is 8. The lowest BCUT2D eigenvalue weighted by molar-refractivity contribution is -0.120. The molecule has 0 fully saturated rings. The number of Topliss-reactive ketones (excluding diaryl/α,β-unsaturated/α-hetero) is 1. The summed E-state index contributed by atoms with van der Waals surface area (Å²) in [4.78, 5) is 42.8. The minimum atomic E-state index is -1.94. The van der Waals surface area contributed by atoms with E-state index in [1.807, 2.05) is 66.7 Å². The largest absolute Gasteiger partial charge is 0.508 e. The van der Waals surface area contributed by atoms with Gasteiger partial charge in [0, 0.05) is 17.8 Å². The highest BCUT2D eigenvalue weighted by Crippen LogP contribution is 2.36. The third kappa shape index (κ3) is 13.0. The molecule has 0 bridgehead atoms. The molecule has 6 rings (SSSR count). The fourth-order valence-electron chi connectivity index (χ4n) is 7.41. The van der Waals surface area contributed by atoms with Gasteiger partial charge in [-0.1, -0.05) is 137 Å². The first-order valence-electron chi connectivity index (χ1n) is 22.0. The quantitative estimate of drug-likeness (QED) is 0.0265. The highest BCUT2D eigenvalue weighted by molar-refractivity contribution is 7.80. The molecular formula is C52H55ClN2O8S. The molecule has 1 amide bonds. The van der Waals surface area contributed by atoms with Gasteiger partial charge in [-0.25, -0.2) is 9.00 Å². The number of nitrogens with zero attached hydrogens (tertiary/aromatic N) is 1. The van der Waals surface area contributed by atoms with Crippen LogP contribution in [0.4, 0.5) is 5.69 Å². The molecular weight excluding hydrogens is 848 g/mol. The fourth-order valence-corrected chi connectivity index (χ4v) is 8.32. The second-order valence-electron chi connectivity index (χ2n) is 15.4. The van der Waals surface area contributed by atoms with Crippen molar-refractivity contribution in [2.45, 2.75) is 95.6 Å². The molecule has 1 aromatic heterocycles. The predicted molar refractivity (Wildman–Crippen MR) is 254 cm³/mol. The van der Waals surface area contributed by atoms with E-state index in [2.05, 4.69) is 16.8 Å². The summed E-state index contributed by atoms with van der Waals surface area (Å²) in [6.45, 7) is 4.71. The monoisotopic (exact) mass is 902 g/mol. The highest BCUT2D eigenvalue weighted by Gasteiger charge is 2.35. The number of esters is 1. The van der Waals surface area contributed by atoms with Gasteiger partial charge in [0.25, 0.3) is 5.91 Å². The smallest absolute Gasteiger partial charge is 0.338 e. The summed E-state index contributed by atoms with van der Waals surface area (Å²) in [5.41, 5.74) is 3.71. The van der Waals surface area contributed by atoms with Crippen molar-refractivity contribution in [2.24, 2.45) is 0 Å². The van der Waals surface area contributed by atoms with Crippen LogP contribution in [0, 0.1) is 0 Å². The summed E-state index contributed by atoms with van der Waals surface area (Å²) >= 11 is 4.62. The first-order valence-corrected chi connectivity index (χ1v) is 23.4. The number of carbonyl (C=O) groups excluding carboxylic acids is 3. The van der Waals surface area contributed by atoms with Gasteiger partial charge in [-0.3, -0.25) is 9.59 Å². The zero-order chi connectivity index (χ0) is 45.3. The van der Waals surface area contributed by atoms with Crippen LogP contribution in [0.1, 0.15) is 98.8 Å². The van der Waals surface area contributed by atoms with Crippen molar-refractivity contribution in [1.29, 1.82) is 0 Å². The number of carbonyl (C=O) groups is 3. The molecule has 2 unspecified atom stereocenters. The number of benzene rings is 5. The van der Waals surface area contributed by atoms with Gasteiger partial charge in [0.05, 0.1) is 33.5 Å². The van der Waals surface area contributed by atoms with Crippen LogP contribution >= 0.6 is 11.6 Å². The maximum atomic E-state index is 15.3. The number of hydrogen-bond donors (Lipinski definition) is 2. The number of nitrogens with one attached hydrogen (secondary N) is 1. The molecule has 0 saturated carbocycles. The average molecular weight is 904 g/mol. The van der Waals surface area contributed by atoms with Crippen LogP contribution in [0.2, 0.25) is 5.02 Å². The lowest BCUT2D eigenvalue weighted by atomic mass is 10.00. The SMILES string of the molecule is CCCCCCCCCCCCn1c(-c2ccccc2)cc(C(=O)C(Oc2ccc(S(=O)Oc3ccc(O)cc3)cc2)C(=O)Nc2cc(C(=O)OCC)ccc2Cl)c1-c1ccccc1. The van der Waals surface area contributed by atoms with E-state index in [0.717, 1.165) is 36.1 Å². The number of unbranched alkanes of at least 4 members (excludes halogenated alkanes) is 9. The van der Waals surface area contributed by atoms with Crippen LogP contribution in [0.15, 0.2) is 138 Å². The molecule has 6 aromatic rings. The van der Waals surface area contributed by atoms with Gasteiger partial charge in [0.2, 0.25) is 23.0 Å². The summed E-state index contributed by atoms with van der Waals surface area (Å²) in [6, 6.07) is 37.5. The molecule has 0 saturated heterocycles. The van der Waals surface area contributed by atoms with Crippen molar-refractivity contribution >= 4 is 46.0 Å². The Kier molecular flexibility index (Phi) is 17.8. The third-order valence-corrected chi connectivity index (χ3v) is 12.0. The summed E-state index contributed by atoms with van der Waals surface area (Å²) in [5, 5.41) is 12.5. The first-order chi connectivity index (χ1) is 31.2. The summed E-state index contributed by atoms with van der Waals surface area (Å²) in [5.74, 6) is -1.58. The lowest BCUT2D eigenvalue weighted by Crippen LogP contribution is -2.40. The van der Waals surface area contributed by atoms with E-state index in [0.29, 0.717) is 17.1 Å². The Morgan fingerprint density at radius 2 is 1.30 bits per heavy atom. The molecule has 10 nitrogen and oxygen atoms in total. The second kappa shape index (κ2) is 24.0. The molecule has 0 aliphatic heterocycles. The van der Waals surface area contributed by atoms with Crippen molar-refractivity contribution in [3.8, 4) is 39.8 Å². The highest BCUT2D eigenvalue weighted by atomic mass is 35.5. The average Bonchev–Trinajstić information content (AvgIpc) is 3.70. The molecule has 0 spiro atoms. The number of aromatic hydroxyl groups is 1. The molecule has 0 aliphatic rings. The molecule has 64 heavy (non-hydrogen) atoms. The van der Waals surface area contributed by atoms with Crippen LogP contribution in [0.3, 0.4) is 0 Å². The Morgan fingerprint density at radius 1 is 0.703 bits per heavy atom. The molecule has 0 radical (unpaired) electrons. The van der Waals surface area contributed by atoms with Crippen LogP contribution < -0.4 is 14.2 Å². The standard InChI is InChI=1S/C52H55ClN2O8S/c1-3-5-6-7-8-9-10-11-12-19-34-55-47(37-20-15-13-16-21-37)36-44(48(55)38-22-17-14-18-23-38)49(57)50(51(58)54-46-35-39(24-33-45(46)53)52(59)61-4-2)62-41-29-31-43(32-30-41)64(60)63-42-27-25-40(56)26-28-42/h13-18,20-33,35-36,50,56H,3-12,19,34H2,1-2H3,(H,54,58). The Bertz CT molecular complexity index is 2470. The summed E-state index contributed by atoms with van der Waals surface area (Å²) in [6.07, 6.45) is 10.1. The van der Waals surface area contributed by atoms with E-state index >= 15 is 4.79 Å². The Labute approximate surface area is 383 Å². The maximum Gasteiger partial charge on any atom is 0.338 e. The minimum Gasteiger partial charge on any atom is -0.508 e.